The average molecular weight is 323 g/mol. The van der Waals surface area contributed by atoms with E-state index in [2.05, 4.69) is 4.74 Å². The number of methoxy groups -OCH3 is 1. The molecule has 6 heteroatoms. The maximum absolute atomic E-state index is 13.8. The summed E-state index contributed by atoms with van der Waals surface area (Å²) >= 11 is 0. The number of rotatable bonds is 2. The van der Waals surface area contributed by atoms with Crippen LogP contribution in [0.3, 0.4) is 0 Å². The summed E-state index contributed by atoms with van der Waals surface area (Å²) in [6, 6.07) is 3.74. The van der Waals surface area contributed by atoms with Gasteiger partial charge in [-0.2, -0.15) is 0 Å². The van der Waals surface area contributed by atoms with Crippen LogP contribution in [0.25, 0.3) is 0 Å². The van der Waals surface area contributed by atoms with Gasteiger partial charge in [-0.05, 0) is 57.4 Å². The predicted octanol–water partition coefficient (Wildman–Crippen LogP) is 3.68. The van der Waals surface area contributed by atoms with E-state index in [4.69, 9.17) is 4.74 Å². The van der Waals surface area contributed by atoms with Gasteiger partial charge in [0.25, 0.3) is 0 Å². The molecule has 1 aliphatic rings. The maximum atomic E-state index is 13.8. The van der Waals surface area contributed by atoms with Gasteiger partial charge in [0.05, 0.1) is 18.7 Å². The third kappa shape index (κ3) is 4.21. The fourth-order valence-corrected chi connectivity index (χ4v) is 2.69. The van der Waals surface area contributed by atoms with Crippen LogP contribution < -0.4 is 0 Å². The van der Waals surface area contributed by atoms with Crippen LogP contribution in [0.4, 0.5) is 9.18 Å². The summed E-state index contributed by atoms with van der Waals surface area (Å²) in [5.74, 6) is -1.13. The Morgan fingerprint density at radius 1 is 1.26 bits per heavy atom. The van der Waals surface area contributed by atoms with Gasteiger partial charge >= 0.3 is 12.1 Å². The Morgan fingerprint density at radius 3 is 2.57 bits per heavy atom. The van der Waals surface area contributed by atoms with Gasteiger partial charge in [0.1, 0.15) is 11.4 Å². The lowest BCUT2D eigenvalue weighted by Crippen LogP contribution is -2.36. The van der Waals surface area contributed by atoms with E-state index in [0.29, 0.717) is 18.5 Å². The monoisotopic (exact) mass is 323 g/mol. The Labute approximate surface area is 135 Å². The molecule has 1 unspecified atom stereocenters. The van der Waals surface area contributed by atoms with E-state index in [1.54, 1.807) is 31.7 Å². The molecule has 1 heterocycles. The van der Waals surface area contributed by atoms with Crippen LogP contribution in [0.2, 0.25) is 0 Å². The van der Waals surface area contributed by atoms with Crippen LogP contribution in [-0.2, 0) is 9.47 Å². The van der Waals surface area contributed by atoms with Gasteiger partial charge in [-0.15, -0.1) is 0 Å². The molecule has 2 rings (SSSR count). The number of amides is 1. The minimum atomic E-state index is -0.604. The van der Waals surface area contributed by atoms with Crippen molar-refractivity contribution in [3.05, 3.63) is 35.1 Å². The first-order valence-electron chi connectivity index (χ1n) is 7.59. The second kappa shape index (κ2) is 6.56. The van der Waals surface area contributed by atoms with Gasteiger partial charge < -0.3 is 14.4 Å². The molecule has 0 aromatic heterocycles. The van der Waals surface area contributed by atoms with Crippen molar-refractivity contribution in [2.75, 3.05) is 13.7 Å². The van der Waals surface area contributed by atoms with Gasteiger partial charge in [-0.3, -0.25) is 0 Å². The maximum Gasteiger partial charge on any atom is 0.410 e. The summed E-state index contributed by atoms with van der Waals surface area (Å²) in [4.78, 5) is 25.5. The van der Waals surface area contributed by atoms with Crippen LogP contribution in [0.5, 0.6) is 0 Å². The van der Waals surface area contributed by atoms with E-state index in [1.807, 2.05) is 0 Å². The quantitative estimate of drug-likeness (QED) is 0.779. The standard InChI is InChI=1S/C17H22FNO4/c1-17(2,3)23-16(21)19-7-5-6-14(19)11-8-12(15(20)22-4)10-13(18)9-11/h8-10,14H,5-7H2,1-4H3. The van der Waals surface area contributed by atoms with E-state index in [9.17, 15) is 14.0 Å². The summed E-state index contributed by atoms with van der Waals surface area (Å²) in [5.41, 5.74) is 0.121. The van der Waals surface area contributed by atoms with E-state index in [0.717, 1.165) is 12.5 Å². The summed E-state index contributed by atoms with van der Waals surface area (Å²) in [6.07, 6.45) is 1.07. The van der Waals surface area contributed by atoms with E-state index in [-0.39, 0.29) is 11.6 Å². The number of benzene rings is 1. The lowest BCUT2D eigenvalue weighted by atomic mass is 10.0. The lowest BCUT2D eigenvalue weighted by Gasteiger charge is -2.29. The zero-order valence-electron chi connectivity index (χ0n) is 13.9. The zero-order chi connectivity index (χ0) is 17.2. The minimum Gasteiger partial charge on any atom is -0.465 e. The van der Waals surface area contributed by atoms with Gasteiger partial charge in [0, 0.05) is 6.54 Å². The molecule has 0 spiro atoms. The molecular formula is C17H22FNO4. The van der Waals surface area contributed by atoms with Crippen molar-refractivity contribution < 1.29 is 23.5 Å². The van der Waals surface area contributed by atoms with Crippen molar-refractivity contribution in [3.8, 4) is 0 Å². The van der Waals surface area contributed by atoms with Gasteiger partial charge in [-0.25, -0.2) is 14.0 Å². The molecule has 23 heavy (non-hydrogen) atoms. The number of carbonyl (C=O) groups is 2. The first kappa shape index (κ1) is 17.2. The molecule has 1 aromatic rings. The summed E-state index contributed by atoms with van der Waals surface area (Å²) in [7, 11) is 1.25. The molecule has 5 nitrogen and oxygen atoms in total. The molecule has 1 amide bonds. The van der Waals surface area contributed by atoms with E-state index >= 15 is 0 Å². The molecule has 1 aliphatic heterocycles. The van der Waals surface area contributed by atoms with E-state index < -0.39 is 23.5 Å². The average Bonchev–Trinajstić information content (AvgIpc) is 2.93. The molecule has 0 saturated carbocycles. The molecular weight excluding hydrogens is 301 g/mol. The smallest absolute Gasteiger partial charge is 0.410 e. The highest BCUT2D eigenvalue weighted by atomic mass is 19.1. The number of nitrogens with zero attached hydrogens (tertiary/aromatic N) is 1. The molecule has 0 aliphatic carbocycles. The normalized spacial score (nSPS) is 18.0. The Bertz CT molecular complexity index is 609. The number of carbonyl (C=O) groups excluding carboxylic acids is 2. The fourth-order valence-electron chi connectivity index (χ4n) is 2.69. The number of hydrogen-bond donors (Lipinski definition) is 0. The molecule has 1 saturated heterocycles. The summed E-state index contributed by atoms with van der Waals surface area (Å²) < 4.78 is 23.9. The topological polar surface area (TPSA) is 55.8 Å². The van der Waals surface area contributed by atoms with Crippen molar-refractivity contribution >= 4 is 12.1 Å². The van der Waals surface area contributed by atoms with Crippen molar-refractivity contribution in [1.82, 2.24) is 4.90 Å². The SMILES string of the molecule is COC(=O)c1cc(F)cc(C2CCCN2C(=O)OC(C)(C)C)c1. The predicted molar refractivity (Wildman–Crippen MR) is 82.7 cm³/mol. The number of halogens is 1. The van der Waals surface area contributed by atoms with Gasteiger partial charge in [0.2, 0.25) is 0 Å². The number of ether oxygens (including phenoxy) is 2. The molecule has 0 radical (unpaired) electrons. The third-order valence-electron chi connectivity index (χ3n) is 3.61. The largest absolute Gasteiger partial charge is 0.465 e. The van der Waals surface area contributed by atoms with Crippen LogP contribution in [0, 0.1) is 5.82 Å². The second-order valence-electron chi connectivity index (χ2n) is 6.60. The molecule has 0 bridgehead atoms. The first-order chi connectivity index (χ1) is 10.7. The highest BCUT2D eigenvalue weighted by molar-refractivity contribution is 5.89. The van der Waals surface area contributed by atoms with Crippen molar-refractivity contribution in [1.29, 1.82) is 0 Å². The summed E-state index contributed by atoms with van der Waals surface area (Å²) in [6.45, 7) is 5.94. The Morgan fingerprint density at radius 2 is 1.96 bits per heavy atom. The Balaban J connectivity index is 2.28. The molecule has 0 N–H and O–H groups in total. The first-order valence-corrected chi connectivity index (χ1v) is 7.59. The van der Waals surface area contributed by atoms with Gasteiger partial charge in [-0.1, -0.05) is 0 Å². The number of esters is 1. The van der Waals surface area contributed by atoms with Crippen LogP contribution in [0.15, 0.2) is 18.2 Å². The Hall–Kier alpha value is -2.11. The minimum absolute atomic E-state index is 0.138. The molecule has 1 atom stereocenters. The molecule has 1 aromatic carbocycles. The van der Waals surface area contributed by atoms with Crippen molar-refractivity contribution in [2.24, 2.45) is 0 Å². The van der Waals surface area contributed by atoms with Crippen molar-refractivity contribution in [2.45, 2.75) is 45.3 Å². The Kier molecular flexibility index (Phi) is 4.92. The molecule has 126 valence electrons. The van der Waals surface area contributed by atoms with Gasteiger partial charge in [0.15, 0.2) is 0 Å². The van der Waals surface area contributed by atoms with Crippen LogP contribution in [-0.4, -0.2) is 36.2 Å². The van der Waals surface area contributed by atoms with E-state index in [1.165, 1.54) is 13.2 Å². The highest BCUT2D eigenvalue weighted by Gasteiger charge is 2.33. The van der Waals surface area contributed by atoms with Crippen LogP contribution >= 0.6 is 0 Å². The number of likely N-dealkylation sites (tertiary alicyclic amines) is 1. The van der Waals surface area contributed by atoms with Crippen LogP contribution in [0.1, 0.15) is 55.6 Å². The fraction of sp³-hybridized carbons (Fsp3) is 0.529. The third-order valence-corrected chi connectivity index (χ3v) is 3.61. The zero-order valence-corrected chi connectivity index (χ0v) is 13.9. The second-order valence-corrected chi connectivity index (χ2v) is 6.60. The highest BCUT2D eigenvalue weighted by Crippen LogP contribution is 2.34. The summed E-state index contributed by atoms with van der Waals surface area (Å²) in [5, 5.41) is 0. The lowest BCUT2D eigenvalue weighted by molar-refractivity contribution is 0.0224. The number of hydrogen-bond acceptors (Lipinski definition) is 4. The molecule has 1 fully saturated rings. The van der Waals surface area contributed by atoms with Crippen molar-refractivity contribution in [3.63, 3.8) is 0 Å².